The summed E-state index contributed by atoms with van der Waals surface area (Å²) in [5, 5.41) is 0. The van der Waals surface area contributed by atoms with E-state index in [-0.39, 0.29) is 23.7 Å². The number of benzene rings is 1. The molecule has 2 atom stereocenters. The Morgan fingerprint density at radius 1 is 1.42 bits per heavy atom. The molecular weight excluding hydrogens is 245 g/mol. The molecule has 5 heteroatoms. The van der Waals surface area contributed by atoms with Crippen LogP contribution in [0.5, 0.6) is 0 Å². The monoisotopic (exact) mass is 265 g/mol. The van der Waals surface area contributed by atoms with Crippen molar-refractivity contribution in [3.05, 3.63) is 35.6 Å². The SMILES string of the molecule is NC(=O)C1CCCN(CC(N)c2ccc(F)cc2)C1. The van der Waals surface area contributed by atoms with Crippen LogP contribution in [0.1, 0.15) is 24.4 Å². The molecule has 4 nitrogen and oxygen atoms in total. The van der Waals surface area contributed by atoms with Gasteiger partial charge in [-0.05, 0) is 37.1 Å². The second kappa shape index (κ2) is 6.12. The van der Waals surface area contributed by atoms with E-state index >= 15 is 0 Å². The highest BCUT2D eigenvalue weighted by atomic mass is 19.1. The molecule has 1 amide bonds. The van der Waals surface area contributed by atoms with Crippen molar-refractivity contribution >= 4 is 5.91 Å². The van der Waals surface area contributed by atoms with Crippen LogP contribution in [-0.2, 0) is 4.79 Å². The molecule has 1 saturated heterocycles. The summed E-state index contributed by atoms with van der Waals surface area (Å²) in [5.41, 5.74) is 12.4. The first-order chi connectivity index (χ1) is 9.06. The molecular formula is C14H20FN3O. The number of rotatable bonds is 4. The van der Waals surface area contributed by atoms with Crippen molar-refractivity contribution in [2.75, 3.05) is 19.6 Å². The number of nitrogens with zero attached hydrogens (tertiary/aromatic N) is 1. The van der Waals surface area contributed by atoms with Crippen LogP contribution >= 0.6 is 0 Å². The van der Waals surface area contributed by atoms with Crippen LogP contribution in [-0.4, -0.2) is 30.4 Å². The molecule has 0 aliphatic carbocycles. The molecule has 0 bridgehead atoms. The minimum absolute atomic E-state index is 0.0748. The molecule has 1 aromatic rings. The fourth-order valence-electron chi connectivity index (χ4n) is 2.55. The van der Waals surface area contributed by atoms with Crippen molar-refractivity contribution < 1.29 is 9.18 Å². The van der Waals surface area contributed by atoms with E-state index in [2.05, 4.69) is 4.90 Å². The van der Waals surface area contributed by atoms with E-state index in [1.54, 1.807) is 12.1 Å². The predicted molar refractivity (Wildman–Crippen MR) is 71.7 cm³/mol. The van der Waals surface area contributed by atoms with E-state index in [0.717, 1.165) is 24.9 Å². The smallest absolute Gasteiger partial charge is 0.221 e. The van der Waals surface area contributed by atoms with E-state index < -0.39 is 0 Å². The van der Waals surface area contributed by atoms with Crippen molar-refractivity contribution in [1.29, 1.82) is 0 Å². The molecule has 0 spiro atoms. The summed E-state index contributed by atoms with van der Waals surface area (Å²) in [6, 6.07) is 6.06. The lowest BCUT2D eigenvalue weighted by Crippen LogP contribution is -2.43. The topological polar surface area (TPSA) is 72.4 Å². The Kier molecular flexibility index (Phi) is 4.50. The lowest BCUT2D eigenvalue weighted by Gasteiger charge is -2.32. The van der Waals surface area contributed by atoms with Gasteiger partial charge in [-0.15, -0.1) is 0 Å². The zero-order chi connectivity index (χ0) is 13.8. The number of piperidine rings is 1. The van der Waals surface area contributed by atoms with Gasteiger partial charge in [0, 0.05) is 19.1 Å². The lowest BCUT2D eigenvalue weighted by molar-refractivity contribution is -0.123. The number of carbonyl (C=O) groups excluding carboxylic acids is 1. The average Bonchev–Trinajstić information content (AvgIpc) is 2.39. The van der Waals surface area contributed by atoms with E-state index in [1.165, 1.54) is 12.1 Å². The zero-order valence-electron chi connectivity index (χ0n) is 10.9. The Balaban J connectivity index is 1.93. The van der Waals surface area contributed by atoms with Gasteiger partial charge in [-0.3, -0.25) is 4.79 Å². The Bertz CT molecular complexity index is 435. The van der Waals surface area contributed by atoms with Gasteiger partial charge in [0.1, 0.15) is 5.82 Å². The second-order valence-corrected chi connectivity index (χ2v) is 5.16. The second-order valence-electron chi connectivity index (χ2n) is 5.16. The number of hydrogen-bond donors (Lipinski definition) is 2. The molecule has 19 heavy (non-hydrogen) atoms. The predicted octanol–water partition coefficient (Wildman–Crippen LogP) is 1.02. The van der Waals surface area contributed by atoms with Crippen LogP contribution in [0.4, 0.5) is 4.39 Å². The Morgan fingerprint density at radius 3 is 2.74 bits per heavy atom. The molecule has 2 rings (SSSR count). The highest BCUT2D eigenvalue weighted by Crippen LogP contribution is 2.19. The van der Waals surface area contributed by atoms with Crippen molar-refractivity contribution in [3.8, 4) is 0 Å². The summed E-state index contributed by atoms with van der Waals surface area (Å²) < 4.78 is 12.8. The molecule has 1 aliphatic heterocycles. The van der Waals surface area contributed by atoms with Crippen LogP contribution in [0.15, 0.2) is 24.3 Å². The van der Waals surface area contributed by atoms with Crippen molar-refractivity contribution in [3.63, 3.8) is 0 Å². The van der Waals surface area contributed by atoms with Crippen LogP contribution in [0, 0.1) is 11.7 Å². The summed E-state index contributed by atoms with van der Waals surface area (Å²) in [7, 11) is 0. The zero-order valence-corrected chi connectivity index (χ0v) is 10.9. The van der Waals surface area contributed by atoms with Gasteiger partial charge in [-0.2, -0.15) is 0 Å². The van der Waals surface area contributed by atoms with Crippen molar-refractivity contribution in [1.82, 2.24) is 4.90 Å². The molecule has 1 aliphatic rings. The van der Waals surface area contributed by atoms with Gasteiger partial charge >= 0.3 is 0 Å². The summed E-state index contributed by atoms with van der Waals surface area (Å²) in [5.74, 6) is -0.572. The first-order valence-electron chi connectivity index (χ1n) is 6.59. The fourth-order valence-corrected chi connectivity index (χ4v) is 2.55. The summed E-state index contributed by atoms with van der Waals surface area (Å²) in [6.45, 7) is 2.26. The Hall–Kier alpha value is -1.46. The number of hydrogen-bond acceptors (Lipinski definition) is 3. The number of carbonyl (C=O) groups is 1. The van der Waals surface area contributed by atoms with Crippen LogP contribution in [0.25, 0.3) is 0 Å². The minimum Gasteiger partial charge on any atom is -0.369 e. The van der Waals surface area contributed by atoms with Gasteiger partial charge in [0.2, 0.25) is 5.91 Å². The third-order valence-electron chi connectivity index (χ3n) is 3.66. The first kappa shape index (κ1) is 14.0. The third-order valence-corrected chi connectivity index (χ3v) is 3.66. The van der Waals surface area contributed by atoms with Gasteiger partial charge in [0.05, 0.1) is 5.92 Å². The number of amides is 1. The fraction of sp³-hybridized carbons (Fsp3) is 0.500. The first-order valence-corrected chi connectivity index (χ1v) is 6.59. The van der Waals surface area contributed by atoms with E-state index in [1.807, 2.05) is 0 Å². The summed E-state index contributed by atoms with van der Waals surface area (Å²) >= 11 is 0. The number of halogens is 1. The largest absolute Gasteiger partial charge is 0.369 e. The lowest BCUT2D eigenvalue weighted by atomic mass is 9.96. The summed E-state index contributed by atoms with van der Waals surface area (Å²) in [4.78, 5) is 13.4. The molecule has 1 aromatic carbocycles. The highest BCUT2D eigenvalue weighted by Gasteiger charge is 2.25. The van der Waals surface area contributed by atoms with Crippen molar-refractivity contribution in [2.45, 2.75) is 18.9 Å². The number of primary amides is 1. The molecule has 0 aromatic heterocycles. The van der Waals surface area contributed by atoms with Gasteiger partial charge in [-0.1, -0.05) is 12.1 Å². The quantitative estimate of drug-likeness (QED) is 0.854. The molecule has 104 valence electrons. The summed E-state index contributed by atoms with van der Waals surface area (Å²) in [6.07, 6.45) is 1.82. The highest BCUT2D eigenvalue weighted by molar-refractivity contribution is 5.76. The molecule has 1 fully saturated rings. The number of likely N-dealkylation sites (tertiary alicyclic amines) is 1. The molecule has 1 heterocycles. The minimum atomic E-state index is -0.261. The van der Waals surface area contributed by atoms with Crippen LogP contribution in [0.3, 0.4) is 0 Å². The van der Waals surface area contributed by atoms with Crippen LogP contribution in [0.2, 0.25) is 0 Å². The molecule has 2 unspecified atom stereocenters. The maximum Gasteiger partial charge on any atom is 0.221 e. The average molecular weight is 265 g/mol. The Morgan fingerprint density at radius 2 is 2.11 bits per heavy atom. The normalized spacial score (nSPS) is 22.1. The maximum atomic E-state index is 12.8. The number of nitrogens with two attached hydrogens (primary N) is 2. The van der Waals surface area contributed by atoms with Gasteiger partial charge in [0.25, 0.3) is 0 Å². The van der Waals surface area contributed by atoms with E-state index in [0.29, 0.717) is 13.1 Å². The van der Waals surface area contributed by atoms with Gasteiger partial charge < -0.3 is 16.4 Å². The molecule has 0 saturated carbocycles. The van der Waals surface area contributed by atoms with E-state index in [4.69, 9.17) is 11.5 Å². The molecule has 0 radical (unpaired) electrons. The molecule has 4 N–H and O–H groups in total. The third kappa shape index (κ3) is 3.75. The van der Waals surface area contributed by atoms with E-state index in [9.17, 15) is 9.18 Å². The van der Waals surface area contributed by atoms with Gasteiger partial charge in [-0.25, -0.2) is 4.39 Å². The van der Waals surface area contributed by atoms with Crippen LogP contribution < -0.4 is 11.5 Å². The Labute approximate surface area is 112 Å². The van der Waals surface area contributed by atoms with Crippen molar-refractivity contribution in [2.24, 2.45) is 17.4 Å². The standard InChI is InChI=1S/C14H20FN3O/c15-12-5-3-10(4-6-12)13(16)9-18-7-1-2-11(8-18)14(17)19/h3-6,11,13H,1-2,7-9,16H2,(H2,17,19). The van der Waals surface area contributed by atoms with Gasteiger partial charge in [0.15, 0.2) is 0 Å². The maximum absolute atomic E-state index is 12.8.